The van der Waals surface area contributed by atoms with Crippen molar-refractivity contribution in [3.8, 4) is 5.82 Å². The number of benzene rings is 1. The minimum atomic E-state index is -0.247. The molecule has 0 bridgehead atoms. The Bertz CT molecular complexity index is 811. The smallest absolute Gasteiger partial charge is 0.274 e. The van der Waals surface area contributed by atoms with E-state index in [1.54, 1.807) is 22.8 Å². The number of pyridine rings is 1. The van der Waals surface area contributed by atoms with Gasteiger partial charge >= 0.3 is 0 Å². The summed E-state index contributed by atoms with van der Waals surface area (Å²) in [6, 6.07) is 11.2. The van der Waals surface area contributed by atoms with Crippen LogP contribution in [0.3, 0.4) is 0 Å². The van der Waals surface area contributed by atoms with Gasteiger partial charge in [-0.15, -0.1) is 10.2 Å². The van der Waals surface area contributed by atoms with Gasteiger partial charge in [0.25, 0.3) is 5.91 Å². The summed E-state index contributed by atoms with van der Waals surface area (Å²) < 4.78 is 1.65. The number of nitrogens with one attached hydrogen (secondary N) is 1. The van der Waals surface area contributed by atoms with Gasteiger partial charge in [0.1, 0.15) is 24.2 Å². The molecule has 0 radical (unpaired) electrons. The zero-order chi connectivity index (χ0) is 15.5. The molecule has 2 aromatic heterocycles. The molecule has 0 atom stereocenters. The highest BCUT2D eigenvalue weighted by atomic mass is 16.1. The Morgan fingerprint density at radius 1 is 1.09 bits per heavy atom. The predicted octanol–water partition coefficient (Wildman–Crippen LogP) is 2.53. The van der Waals surface area contributed by atoms with Crippen molar-refractivity contribution in [2.24, 2.45) is 0 Å². The van der Waals surface area contributed by atoms with Crippen LogP contribution in [0.5, 0.6) is 0 Å². The molecule has 0 saturated heterocycles. The first-order chi connectivity index (χ1) is 10.6. The quantitative estimate of drug-likeness (QED) is 0.805. The van der Waals surface area contributed by atoms with E-state index in [1.165, 1.54) is 12.7 Å². The Hall–Kier alpha value is -3.02. The van der Waals surface area contributed by atoms with Crippen LogP contribution in [0.1, 0.15) is 21.6 Å². The van der Waals surface area contributed by atoms with Crippen LogP contribution in [0.2, 0.25) is 0 Å². The van der Waals surface area contributed by atoms with Crippen molar-refractivity contribution in [2.45, 2.75) is 13.8 Å². The molecule has 0 fully saturated rings. The van der Waals surface area contributed by atoms with Crippen molar-refractivity contribution < 1.29 is 4.79 Å². The fourth-order valence-electron chi connectivity index (χ4n) is 2.07. The molecular formula is C16H15N5O. The van der Waals surface area contributed by atoms with Crippen LogP contribution in [0.25, 0.3) is 5.82 Å². The SMILES string of the molecule is Cc1ccc(C)c(NC(=O)c2cccc(-n3cnnc3)n2)c1. The molecule has 0 spiro atoms. The third-order valence-electron chi connectivity index (χ3n) is 3.29. The summed E-state index contributed by atoms with van der Waals surface area (Å²) in [4.78, 5) is 16.7. The maximum Gasteiger partial charge on any atom is 0.274 e. The molecular weight excluding hydrogens is 278 g/mol. The van der Waals surface area contributed by atoms with Gasteiger partial charge in [-0.05, 0) is 43.2 Å². The summed E-state index contributed by atoms with van der Waals surface area (Å²) >= 11 is 0. The summed E-state index contributed by atoms with van der Waals surface area (Å²) in [5.41, 5.74) is 3.23. The van der Waals surface area contributed by atoms with E-state index >= 15 is 0 Å². The number of carbonyl (C=O) groups excluding carboxylic acids is 1. The van der Waals surface area contributed by atoms with Crippen molar-refractivity contribution in [3.63, 3.8) is 0 Å². The van der Waals surface area contributed by atoms with Crippen LogP contribution in [-0.4, -0.2) is 25.7 Å². The van der Waals surface area contributed by atoms with Crippen LogP contribution in [0, 0.1) is 13.8 Å². The molecule has 0 aliphatic heterocycles. The predicted molar refractivity (Wildman–Crippen MR) is 83.0 cm³/mol. The largest absolute Gasteiger partial charge is 0.320 e. The molecule has 6 nitrogen and oxygen atoms in total. The highest BCUT2D eigenvalue weighted by Gasteiger charge is 2.10. The summed E-state index contributed by atoms with van der Waals surface area (Å²) in [6.45, 7) is 3.94. The Morgan fingerprint density at radius 2 is 1.86 bits per heavy atom. The molecule has 1 N–H and O–H groups in total. The van der Waals surface area contributed by atoms with E-state index in [1.807, 2.05) is 32.0 Å². The van der Waals surface area contributed by atoms with Gasteiger partial charge in [-0.3, -0.25) is 9.36 Å². The molecule has 110 valence electrons. The first-order valence-electron chi connectivity index (χ1n) is 6.84. The van der Waals surface area contributed by atoms with Gasteiger partial charge in [-0.25, -0.2) is 4.98 Å². The van der Waals surface area contributed by atoms with Crippen molar-refractivity contribution in [2.75, 3.05) is 5.32 Å². The highest BCUT2D eigenvalue weighted by Crippen LogP contribution is 2.17. The van der Waals surface area contributed by atoms with E-state index in [9.17, 15) is 4.79 Å². The molecule has 0 unspecified atom stereocenters. The number of carbonyl (C=O) groups is 1. The molecule has 3 rings (SSSR count). The maximum atomic E-state index is 12.4. The lowest BCUT2D eigenvalue weighted by Crippen LogP contribution is -2.15. The van der Waals surface area contributed by atoms with Gasteiger partial charge in [-0.1, -0.05) is 18.2 Å². The van der Waals surface area contributed by atoms with E-state index in [2.05, 4.69) is 20.5 Å². The zero-order valence-electron chi connectivity index (χ0n) is 12.3. The minimum absolute atomic E-state index is 0.247. The van der Waals surface area contributed by atoms with E-state index in [4.69, 9.17) is 0 Å². The normalized spacial score (nSPS) is 10.5. The van der Waals surface area contributed by atoms with E-state index in [-0.39, 0.29) is 5.91 Å². The van der Waals surface area contributed by atoms with E-state index < -0.39 is 0 Å². The molecule has 3 aromatic rings. The number of hydrogen-bond acceptors (Lipinski definition) is 4. The second kappa shape index (κ2) is 5.77. The topological polar surface area (TPSA) is 72.7 Å². The fourth-order valence-corrected chi connectivity index (χ4v) is 2.07. The van der Waals surface area contributed by atoms with Gasteiger partial charge in [0.05, 0.1) is 0 Å². The summed E-state index contributed by atoms with van der Waals surface area (Å²) in [5, 5.41) is 10.4. The van der Waals surface area contributed by atoms with Crippen LogP contribution in [0.4, 0.5) is 5.69 Å². The number of rotatable bonds is 3. The maximum absolute atomic E-state index is 12.4. The van der Waals surface area contributed by atoms with Crippen LogP contribution >= 0.6 is 0 Å². The second-order valence-electron chi connectivity index (χ2n) is 5.02. The lowest BCUT2D eigenvalue weighted by molar-refractivity contribution is 0.102. The number of aryl methyl sites for hydroxylation is 2. The van der Waals surface area contributed by atoms with Gasteiger partial charge in [0, 0.05) is 5.69 Å². The number of anilines is 1. The molecule has 1 amide bonds. The van der Waals surface area contributed by atoms with Crippen molar-refractivity contribution in [3.05, 3.63) is 65.9 Å². The standard InChI is InChI=1S/C16H15N5O/c1-11-6-7-12(2)14(8-11)20-16(22)13-4-3-5-15(19-13)21-9-17-18-10-21/h3-10H,1-2H3,(H,20,22). The Labute approximate surface area is 127 Å². The molecule has 1 aromatic carbocycles. The Morgan fingerprint density at radius 3 is 2.64 bits per heavy atom. The van der Waals surface area contributed by atoms with E-state index in [0.717, 1.165) is 16.8 Å². The third-order valence-corrected chi connectivity index (χ3v) is 3.29. The minimum Gasteiger partial charge on any atom is -0.320 e. The zero-order valence-corrected chi connectivity index (χ0v) is 12.3. The van der Waals surface area contributed by atoms with Crippen LogP contribution in [0.15, 0.2) is 49.1 Å². The Balaban J connectivity index is 1.86. The second-order valence-corrected chi connectivity index (χ2v) is 5.02. The molecule has 22 heavy (non-hydrogen) atoms. The van der Waals surface area contributed by atoms with Gasteiger partial charge in [0.15, 0.2) is 0 Å². The van der Waals surface area contributed by atoms with Gasteiger partial charge < -0.3 is 5.32 Å². The lowest BCUT2D eigenvalue weighted by Gasteiger charge is -2.09. The third kappa shape index (κ3) is 2.85. The van der Waals surface area contributed by atoms with Gasteiger partial charge in [0.2, 0.25) is 0 Å². The molecule has 6 heteroatoms. The number of nitrogens with zero attached hydrogens (tertiary/aromatic N) is 4. The fraction of sp³-hybridized carbons (Fsp3) is 0.125. The summed E-state index contributed by atoms with van der Waals surface area (Å²) in [7, 11) is 0. The molecule has 0 aliphatic rings. The first kappa shape index (κ1) is 13.9. The molecule has 2 heterocycles. The summed E-state index contributed by atoms with van der Waals surface area (Å²) in [6.07, 6.45) is 3.07. The number of amides is 1. The van der Waals surface area contributed by atoms with Crippen LogP contribution < -0.4 is 5.32 Å². The number of hydrogen-bond donors (Lipinski definition) is 1. The Kier molecular flexibility index (Phi) is 3.65. The van der Waals surface area contributed by atoms with Crippen molar-refractivity contribution in [1.29, 1.82) is 0 Å². The monoisotopic (exact) mass is 293 g/mol. The van der Waals surface area contributed by atoms with Crippen molar-refractivity contribution in [1.82, 2.24) is 19.7 Å². The average Bonchev–Trinajstić information content (AvgIpc) is 3.05. The highest BCUT2D eigenvalue weighted by molar-refractivity contribution is 6.03. The number of aromatic nitrogens is 4. The van der Waals surface area contributed by atoms with Crippen molar-refractivity contribution >= 4 is 11.6 Å². The van der Waals surface area contributed by atoms with E-state index in [0.29, 0.717) is 11.5 Å². The average molecular weight is 293 g/mol. The van der Waals surface area contributed by atoms with Gasteiger partial charge in [-0.2, -0.15) is 0 Å². The van der Waals surface area contributed by atoms with Crippen LogP contribution in [-0.2, 0) is 0 Å². The molecule has 0 aliphatic carbocycles. The molecule has 0 saturated carbocycles. The first-order valence-corrected chi connectivity index (χ1v) is 6.84. The summed E-state index contributed by atoms with van der Waals surface area (Å²) in [5.74, 6) is 0.349. The lowest BCUT2D eigenvalue weighted by atomic mass is 10.1.